The van der Waals surface area contributed by atoms with E-state index in [0.29, 0.717) is 5.92 Å². The predicted octanol–water partition coefficient (Wildman–Crippen LogP) is 3.22. The second-order valence-corrected chi connectivity index (χ2v) is 3.33. The van der Waals surface area contributed by atoms with E-state index in [1.807, 2.05) is 6.92 Å². The average molecular weight is 160 g/mol. The summed E-state index contributed by atoms with van der Waals surface area (Å²) >= 11 is 0. The molecule has 1 heteroatoms. The molecule has 0 spiro atoms. The topological polar surface area (TPSA) is 20.2 Å². The number of hydrogen-bond donors (Lipinski definition) is 1. The maximum Gasteiger partial charge on any atom is 0.0514 e. The van der Waals surface area contributed by atoms with Crippen LogP contribution < -0.4 is 0 Å². The minimum atomic E-state index is -0.119. The van der Waals surface area contributed by atoms with Gasteiger partial charge < -0.3 is 5.11 Å². The Hall–Kier alpha value is -0.0400. The number of aliphatic hydroxyl groups is 1. The van der Waals surface area contributed by atoms with Gasteiger partial charge in [0.15, 0.2) is 0 Å². The predicted molar refractivity (Wildman–Crippen MR) is 51.7 cm³/mol. The maximum absolute atomic E-state index is 9.02. The van der Waals surface area contributed by atoms with Gasteiger partial charge in [-0.1, -0.05) is 40.5 Å². The van der Waals surface area contributed by atoms with Crippen LogP contribution in [-0.2, 0) is 0 Å². The highest BCUT2D eigenvalue weighted by Gasteiger charge is 2.04. The van der Waals surface area contributed by atoms with E-state index in [0.717, 1.165) is 6.42 Å². The van der Waals surface area contributed by atoms with E-state index in [1.54, 1.807) is 0 Å². The van der Waals surface area contributed by atoms with Gasteiger partial charge in [-0.05, 0) is 19.3 Å². The van der Waals surface area contributed by atoms with Crippen LogP contribution in [0.1, 0.15) is 53.9 Å². The zero-order chi connectivity index (χ0) is 7.98. The minimum absolute atomic E-state index is 0. The Morgan fingerprint density at radius 3 is 2.18 bits per heavy atom. The summed E-state index contributed by atoms with van der Waals surface area (Å²) in [5.74, 6) is 0.694. The van der Waals surface area contributed by atoms with Crippen molar-refractivity contribution in [2.24, 2.45) is 5.92 Å². The summed E-state index contributed by atoms with van der Waals surface area (Å²) in [7, 11) is 0. The smallest absolute Gasteiger partial charge is 0.0514 e. The molecule has 0 aromatic heterocycles. The molecule has 1 N–H and O–H groups in total. The summed E-state index contributed by atoms with van der Waals surface area (Å²) < 4.78 is 0. The first-order chi connectivity index (χ1) is 4.66. The highest BCUT2D eigenvalue weighted by atomic mass is 16.3. The van der Waals surface area contributed by atoms with Crippen LogP contribution in [0.25, 0.3) is 0 Å². The lowest BCUT2D eigenvalue weighted by molar-refractivity contribution is 0.161. The van der Waals surface area contributed by atoms with E-state index >= 15 is 0 Å². The lowest BCUT2D eigenvalue weighted by Gasteiger charge is -2.11. The molecule has 2 atom stereocenters. The second kappa shape index (κ2) is 8.06. The molecule has 0 amide bonds. The first kappa shape index (κ1) is 13.5. The zero-order valence-corrected chi connectivity index (χ0v) is 7.43. The van der Waals surface area contributed by atoms with Gasteiger partial charge in [0.25, 0.3) is 0 Å². The summed E-state index contributed by atoms with van der Waals surface area (Å²) in [5.41, 5.74) is 0. The van der Waals surface area contributed by atoms with Crippen molar-refractivity contribution in [3.05, 3.63) is 0 Å². The van der Waals surface area contributed by atoms with Crippen LogP contribution in [0.15, 0.2) is 0 Å². The fraction of sp³-hybridized carbons (Fsp3) is 1.00. The third-order valence-corrected chi connectivity index (χ3v) is 1.79. The molecular formula is C10H24O. The fourth-order valence-corrected chi connectivity index (χ4v) is 1.25. The lowest BCUT2D eigenvalue weighted by atomic mass is 9.98. The largest absolute Gasteiger partial charge is 0.393 e. The normalized spacial score (nSPS) is 15.3. The number of hydrogen-bond acceptors (Lipinski definition) is 1. The van der Waals surface area contributed by atoms with Crippen molar-refractivity contribution in [3.8, 4) is 0 Å². The molecule has 0 radical (unpaired) electrons. The van der Waals surface area contributed by atoms with E-state index in [2.05, 4.69) is 13.8 Å². The molecule has 0 rings (SSSR count). The van der Waals surface area contributed by atoms with Gasteiger partial charge in [-0.15, -0.1) is 0 Å². The molecule has 0 aliphatic carbocycles. The van der Waals surface area contributed by atoms with Crippen LogP contribution >= 0.6 is 0 Å². The van der Waals surface area contributed by atoms with E-state index in [4.69, 9.17) is 5.11 Å². The summed E-state index contributed by atoms with van der Waals surface area (Å²) in [5, 5.41) is 9.02. The van der Waals surface area contributed by atoms with Gasteiger partial charge in [-0.2, -0.15) is 0 Å². The van der Waals surface area contributed by atoms with Crippen molar-refractivity contribution in [3.63, 3.8) is 0 Å². The Bertz CT molecular complexity index is 69.3. The van der Waals surface area contributed by atoms with Crippen LogP contribution in [-0.4, -0.2) is 11.2 Å². The molecule has 1 nitrogen and oxygen atoms in total. The Kier molecular flexibility index (Phi) is 9.92. The molecular weight excluding hydrogens is 136 g/mol. The van der Waals surface area contributed by atoms with Gasteiger partial charge in [0, 0.05) is 0 Å². The SMILES string of the molecule is C.CCCCC(C)CC(C)O. The summed E-state index contributed by atoms with van der Waals surface area (Å²) in [6.45, 7) is 6.28. The van der Waals surface area contributed by atoms with Gasteiger partial charge in [-0.25, -0.2) is 0 Å². The Labute approximate surface area is 71.8 Å². The second-order valence-electron chi connectivity index (χ2n) is 3.33. The molecule has 11 heavy (non-hydrogen) atoms. The molecule has 0 aromatic rings. The van der Waals surface area contributed by atoms with Crippen molar-refractivity contribution >= 4 is 0 Å². The van der Waals surface area contributed by atoms with E-state index in [1.165, 1.54) is 19.3 Å². The molecule has 0 heterocycles. The Morgan fingerprint density at radius 1 is 1.27 bits per heavy atom. The highest BCUT2D eigenvalue weighted by molar-refractivity contribution is 4.56. The van der Waals surface area contributed by atoms with Crippen LogP contribution in [0.4, 0.5) is 0 Å². The van der Waals surface area contributed by atoms with Crippen molar-refractivity contribution in [2.45, 2.75) is 60.0 Å². The van der Waals surface area contributed by atoms with E-state index in [9.17, 15) is 0 Å². The van der Waals surface area contributed by atoms with Gasteiger partial charge in [0.2, 0.25) is 0 Å². The number of aliphatic hydroxyl groups excluding tert-OH is 1. The lowest BCUT2D eigenvalue weighted by Crippen LogP contribution is -2.06. The van der Waals surface area contributed by atoms with Gasteiger partial charge in [0.1, 0.15) is 0 Å². The van der Waals surface area contributed by atoms with Crippen LogP contribution in [0.5, 0.6) is 0 Å². The van der Waals surface area contributed by atoms with Gasteiger partial charge in [0.05, 0.1) is 6.10 Å². The number of unbranched alkanes of at least 4 members (excludes halogenated alkanes) is 1. The molecule has 0 aromatic carbocycles. The Balaban J connectivity index is 0. The fourth-order valence-electron chi connectivity index (χ4n) is 1.25. The summed E-state index contributed by atoms with van der Waals surface area (Å²) in [6, 6.07) is 0. The molecule has 0 bridgehead atoms. The summed E-state index contributed by atoms with van der Waals surface area (Å²) in [6.07, 6.45) is 4.67. The molecule has 0 saturated carbocycles. The Morgan fingerprint density at radius 2 is 1.82 bits per heavy atom. The summed E-state index contributed by atoms with van der Waals surface area (Å²) in [4.78, 5) is 0. The average Bonchev–Trinajstić information content (AvgIpc) is 1.82. The molecule has 0 aliphatic rings. The maximum atomic E-state index is 9.02. The third kappa shape index (κ3) is 9.96. The first-order valence-corrected chi connectivity index (χ1v) is 4.34. The van der Waals surface area contributed by atoms with Crippen LogP contribution in [0, 0.1) is 5.92 Å². The third-order valence-electron chi connectivity index (χ3n) is 1.79. The van der Waals surface area contributed by atoms with Crippen molar-refractivity contribution in [1.29, 1.82) is 0 Å². The first-order valence-electron chi connectivity index (χ1n) is 4.34. The molecule has 0 fully saturated rings. The van der Waals surface area contributed by atoms with Gasteiger partial charge in [-0.3, -0.25) is 0 Å². The minimum Gasteiger partial charge on any atom is -0.393 e. The van der Waals surface area contributed by atoms with Crippen molar-refractivity contribution < 1.29 is 5.11 Å². The van der Waals surface area contributed by atoms with Crippen molar-refractivity contribution in [2.75, 3.05) is 0 Å². The monoisotopic (exact) mass is 160 g/mol. The van der Waals surface area contributed by atoms with Gasteiger partial charge >= 0.3 is 0 Å². The number of rotatable bonds is 5. The van der Waals surface area contributed by atoms with Crippen molar-refractivity contribution in [1.82, 2.24) is 0 Å². The van der Waals surface area contributed by atoms with E-state index in [-0.39, 0.29) is 13.5 Å². The van der Waals surface area contributed by atoms with Crippen LogP contribution in [0.2, 0.25) is 0 Å². The molecule has 70 valence electrons. The standard InChI is InChI=1S/C9H20O.CH4/c1-4-5-6-8(2)7-9(3)10;/h8-10H,4-7H2,1-3H3;1H4. The highest BCUT2D eigenvalue weighted by Crippen LogP contribution is 2.13. The molecule has 0 saturated heterocycles. The van der Waals surface area contributed by atoms with Crippen LogP contribution in [0.3, 0.4) is 0 Å². The van der Waals surface area contributed by atoms with E-state index < -0.39 is 0 Å². The quantitative estimate of drug-likeness (QED) is 0.654. The zero-order valence-electron chi connectivity index (χ0n) is 7.43. The molecule has 0 aliphatic heterocycles. The molecule has 2 unspecified atom stereocenters.